The molecule has 0 aliphatic carbocycles. The number of tetrazole rings is 1. The lowest BCUT2D eigenvalue weighted by atomic mass is 9.92. The van der Waals surface area contributed by atoms with E-state index in [1.54, 1.807) is 0 Å². The highest BCUT2D eigenvalue weighted by atomic mass is 35.5. The molecule has 1 aliphatic rings. The van der Waals surface area contributed by atoms with Gasteiger partial charge in [-0.1, -0.05) is 34.5 Å². The quantitative estimate of drug-likeness (QED) is 0.561. The highest BCUT2D eigenvalue weighted by Gasteiger charge is 2.30. The van der Waals surface area contributed by atoms with Crippen molar-refractivity contribution in [2.75, 3.05) is 0 Å². The van der Waals surface area contributed by atoms with Gasteiger partial charge in [0.2, 0.25) is 0 Å². The van der Waals surface area contributed by atoms with Crippen LogP contribution in [0.5, 0.6) is 0 Å². The van der Waals surface area contributed by atoms with E-state index in [0.717, 1.165) is 47.2 Å². The summed E-state index contributed by atoms with van der Waals surface area (Å²) in [7, 11) is 0. The second-order valence-corrected chi connectivity index (χ2v) is 6.96. The molecule has 0 saturated carbocycles. The second kappa shape index (κ2) is 5.57. The summed E-state index contributed by atoms with van der Waals surface area (Å²) in [4.78, 5) is 0. The number of H-pyrrole nitrogens is 2. The van der Waals surface area contributed by atoms with E-state index in [9.17, 15) is 0 Å². The molecule has 2 N–H and O–H groups in total. The summed E-state index contributed by atoms with van der Waals surface area (Å²) in [6.45, 7) is 0.822. The number of hydrogen-bond acceptors (Lipinski definition) is 4. The van der Waals surface area contributed by atoms with Crippen LogP contribution in [0.4, 0.5) is 0 Å². The van der Waals surface area contributed by atoms with Crippen molar-refractivity contribution in [3.63, 3.8) is 0 Å². The zero-order chi connectivity index (χ0) is 17.0. The SMILES string of the molecule is Clc1ccc2c(-c3cn[nH]c3)c3n(c2c1Cl)CCC(c1nn[nH]n1)C3. The molecule has 0 saturated heterocycles. The predicted octanol–water partition coefficient (Wildman–Crippen LogP) is 3.58. The molecule has 0 spiro atoms. The molecular formula is C16H13Cl2N7. The molecule has 7 nitrogen and oxygen atoms in total. The van der Waals surface area contributed by atoms with Gasteiger partial charge in [-0.05, 0) is 18.9 Å². The third-order valence-electron chi connectivity index (χ3n) is 4.88. The van der Waals surface area contributed by atoms with E-state index < -0.39 is 0 Å². The lowest BCUT2D eigenvalue weighted by molar-refractivity contribution is 0.468. The van der Waals surface area contributed by atoms with Gasteiger partial charge in [-0.25, -0.2) is 0 Å². The first kappa shape index (κ1) is 14.9. The van der Waals surface area contributed by atoms with Crippen LogP contribution in [0.3, 0.4) is 0 Å². The Labute approximate surface area is 152 Å². The number of aromatic nitrogens is 7. The summed E-state index contributed by atoms with van der Waals surface area (Å²) in [5.74, 6) is 0.967. The van der Waals surface area contributed by atoms with Crippen LogP contribution in [-0.2, 0) is 13.0 Å². The number of halogens is 2. The Balaban J connectivity index is 1.77. The maximum atomic E-state index is 6.56. The molecule has 25 heavy (non-hydrogen) atoms. The third kappa shape index (κ3) is 2.19. The van der Waals surface area contributed by atoms with Crippen molar-refractivity contribution in [2.45, 2.75) is 25.3 Å². The average Bonchev–Trinajstić information content (AvgIpc) is 3.36. The van der Waals surface area contributed by atoms with Crippen LogP contribution in [0.25, 0.3) is 22.0 Å². The Kier molecular flexibility index (Phi) is 3.33. The summed E-state index contributed by atoms with van der Waals surface area (Å²) in [5.41, 5.74) is 4.34. The lowest BCUT2D eigenvalue weighted by Gasteiger charge is -2.23. The van der Waals surface area contributed by atoms with Crippen molar-refractivity contribution in [3.05, 3.63) is 46.1 Å². The Morgan fingerprint density at radius 1 is 1.24 bits per heavy atom. The van der Waals surface area contributed by atoms with Crippen molar-refractivity contribution in [3.8, 4) is 11.1 Å². The number of aryl methyl sites for hydroxylation is 1. The van der Waals surface area contributed by atoms with Gasteiger partial charge in [-0.2, -0.15) is 10.3 Å². The third-order valence-corrected chi connectivity index (χ3v) is 5.67. The van der Waals surface area contributed by atoms with Gasteiger partial charge in [-0.15, -0.1) is 10.2 Å². The highest BCUT2D eigenvalue weighted by molar-refractivity contribution is 6.45. The number of rotatable bonds is 2. The molecule has 0 fully saturated rings. The van der Waals surface area contributed by atoms with Crippen LogP contribution in [-0.4, -0.2) is 35.4 Å². The maximum Gasteiger partial charge on any atom is 0.178 e. The Hall–Kier alpha value is -2.38. The molecule has 4 aromatic rings. The maximum absolute atomic E-state index is 6.56. The van der Waals surface area contributed by atoms with E-state index in [4.69, 9.17) is 23.2 Å². The van der Waals surface area contributed by atoms with Crippen molar-refractivity contribution >= 4 is 34.1 Å². The number of nitrogens with one attached hydrogen (secondary N) is 2. The monoisotopic (exact) mass is 373 g/mol. The molecule has 126 valence electrons. The van der Waals surface area contributed by atoms with Gasteiger partial charge in [-0.3, -0.25) is 5.10 Å². The van der Waals surface area contributed by atoms with Crippen molar-refractivity contribution in [1.29, 1.82) is 0 Å². The topological polar surface area (TPSA) is 88.1 Å². The molecule has 3 aromatic heterocycles. The molecule has 0 bridgehead atoms. The Morgan fingerprint density at radius 2 is 2.16 bits per heavy atom. The molecule has 1 aliphatic heterocycles. The fourth-order valence-electron chi connectivity index (χ4n) is 3.78. The molecule has 4 heterocycles. The minimum atomic E-state index is 0.218. The predicted molar refractivity (Wildman–Crippen MR) is 94.8 cm³/mol. The molecule has 1 aromatic carbocycles. The summed E-state index contributed by atoms with van der Waals surface area (Å²) >= 11 is 12.8. The zero-order valence-corrected chi connectivity index (χ0v) is 14.5. The van der Waals surface area contributed by atoms with Gasteiger partial charge in [0, 0.05) is 40.9 Å². The highest BCUT2D eigenvalue weighted by Crippen LogP contribution is 2.44. The average molecular weight is 374 g/mol. The van der Waals surface area contributed by atoms with E-state index in [-0.39, 0.29) is 5.92 Å². The van der Waals surface area contributed by atoms with E-state index >= 15 is 0 Å². The fraction of sp³-hybridized carbons (Fsp3) is 0.250. The van der Waals surface area contributed by atoms with Crippen molar-refractivity contribution in [1.82, 2.24) is 35.4 Å². The fourth-order valence-corrected chi connectivity index (χ4v) is 4.20. The zero-order valence-electron chi connectivity index (χ0n) is 13.0. The standard InChI is InChI=1S/C16H13Cl2N7/c17-11-2-1-10-13(9-6-19-20-7-9)12-5-8(16-21-23-24-22-16)3-4-25(12)15(10)14(11)18/h1-2,6-8H,3-5H2,(H,19,20)(H,21,22,23,24). The normalized spacial score (nSPS) is 17.1. The first-order valence-electron chi connectivity index (χ1n) is 7.95. The first-order valence-corrected chi connectivity index (χ1v) is 8.71. The summed E-state index contributed by atoms with van der Waals surface area (Å²) in [6.07, 6.45) is 5.46. The van der Waals surface area contributed by atoms with E-state index in [1.807, 2.05) is 24.5 Å². The lowest BCUT2D eigenvalue weighted by Crippen LogP contribution is -2.19. The number of hydrogen-bond donors (Lipinski definition) is 2. The summed E-state index contributed by atoms with van der Waals surface area (Å²) in [6, 6.07) is 3.87. The Bertz CT molecular complexity index is 1050. The number of nitrogens with zero attached hydrogens (tertiary/aromatic N) is 5. The van der Waals surface area contributed by atoms with Crippen LogP contribution >= 0.6 is 23.2 Å². The van der Waals surface area contributed by atoms with Gasteiger partial charge in [0.1, 0.15) is 0 Å². The number of fused-ring (bicyclic) bond motifs is 3. The second-order valence-electron chi connectivity index (χ2n) is 6.18. The number of benzene rings is 1. The molecule has 0 radical (unpaired) electrons. The molecule has 9 heteroatoms. The minimum absolute atomic E-state index is 0.218. The summed E-state index contributed by atoms with van der Waals surface area (Å²) < 4.78 is 2.27. The molecular weight excluding hydrogens is 361 g/mol. The summed E-state index contributed by atoms with van der Waals surface area (Å²) in [5, 5.41) is 23.8. The van der Waals surface area contributed by atoms with E-state index in [2.05, 4.69) is 35.4 Å². The van der Waals surface area contributed by atoms with Gasteiger partial charge >= 0.3 is 0 Å². The molecule has 0 amide bonds. The van der Waals surface area contributed by atoms with Crippen molar-refractivity contribution < 1.29 is 0 Å². The van der Waals surface area contributed by atoms with Gasteiger partial charge in [0.15, 0.2) is 5.82 Å². The van der Waals surface area contributed by atoms with Crippen LogP contribution < -0.4 is 0 Å². The molecule has 1 unspecified atom stereocenters. The smallest absolute Gasteiger partial charge is 0.178 e. The van der Waals surface area contributed by atoms with Gasteiger partial charge in [0.25, 0.3) is 0 Å². The number of aromatic amines is 2. The van der Waals surface area contributed by atoms with Crippen molar-refractivity contribution in [2.24, 2.45) is 0 Å². The van der Waals surface area contributed by atoms with Gasteiger partial charge < -0.3 is 4.57 Å². The molecule has 5 rings (SSSR count). The molecule has 1 atom stereocenters. The largest absolute Gasteiger partial charge is 0.343 e. The van der Waals surface area contributed by atoms with Gasteiger partial charge in [0.05, 0.1) is 21.8 Å². The van der Waals surface area contributed by atoms with Crippen LogP contribution in [0, 0.1) is 0 Å². The Morgan fingerprint density at radius 3 is 2.92 bits per heavy atom. The van der Waals surface area contributed by atoms with E-state index in [1.165, 1.54) is 5.69 Å². The van der Waals surface area contributed by atoms with Crippen LogP contribution in [0.1, 0.15) is 23.9 Å². The van der Waals surface area contributed by atoms with Crippen LogP contribution in [0.2, 0.25) is 10.0 Å². The van der Waals surface area contributed by atoms with E-state index in [0.29, 0.717) is 10.0 Å². The van der Waals surface area contributed by atoms with Crippen LogP contribution in [0.15, 0.2) is 24.5 Å². The first-order chi connectivity index (χ1) is 12.2. The minimum Gasteiger partial charge on any atom is -0.343 e.